The molecule has 1 aliphatic rings. The minimum atomic E-state index is -0.218. The lowest BCUT2D eigenvalue weighted by molar-refractivity contribution is -0.122. The van der Waals surface area contributed by atoms with Gasteiger partial charge in [-0.1, -0.05) is 23.8 Å². The zero-order chi connectivity index (χ0) is 16.2. The van der Waals surface area contributed by atoms with Gasteiger partial charge >= 0.3 is 0 Å². The van der Waals surface area contributed by atoms with Gasteiger partial charge in [0.1, 0.15) is 5.52 Å². The van der Waals surface area contributed by atoms with E-state index in [4.69, 9.17) is 5.73 Å². The Labute approximate surface area is 146 Å². The van der Waals surface area contributed by atoms with Crippen LogP contribution in [0.2, 0.25) is 0 Å². The summed E-state index contributed by atoms with van der Waals surface area (Å²) >= 11 is 0. The van der Waals surface area contributed by atoms with Gasteiger partial charge in [0.25, 0.3) is 5.56 Å². The van der Waals surface area contributed by atoms with Gasteiger partial charge in [-0.3, -0.25) is 9.59 Å². The molecule has 0 bridgehead atoms. The van der Waals surface area contributed by atoms with E-state index in [1.807, 2.05) is 6.07 Å². The van der Waals surface area contributed by atoms with Crippen LogP contribution in [-0.2, 0) is 11.3 Å². The van der Waals surface area contributed by atoms with Gasteiger partial charge in [-0.2, -0.15) is 0 Å². The Kier molecular flexibility index (Phi) is 6.28. The fourth-order valence-corrected chi connectivity index (χ4v) is 3.17. The van der Waals surface area contributed by atoms with Crippen molar-refractivity contribution in [1.82, 2.24) is 20.3 Å². The summed E-state index contributed by atoms with van der Waals surface area (Å²) in [5, 5.41) is 11.4. The van der Waals surface area contributed by atoms with E-state index in [0.29, 0.717) is 23.4 Å². The smallest absolute Gasteiger partial charge is 0.277 e. The number of amides is 1. The van der Waals surface area contributed by atoms with E-state index in [2.05, 4.69) is 15.6 Å². The monoisotopic (exact) mass is 351 g/mol. The molecule has 3 rings (SSSR count). The number of hydrogen-bond acceptors (Lipinski definition) is 5. The molecule has 7 nitrogen and oxygen atoms in total. The predicted molar refractivity (Wildman–Crippen MR) is 94.0 cm³/mol. The average Bonchev–Trinajstić information content (AvgIpc) is 3.01. The number of aromatic nitrogens is 3. The Morgan fingerprint density at radius 3 is 2.92 bits per heavy atom. The van der Waals surface area contributed by atoms with Gasteiger partial charge in [0, 0.05) is 12.5 Å². The molecule has 3 N–H and O–H groups in total. The van der Waals surface area contributed by atoms with Crippen LogP contribution in [0, 0.1) is 5.92 Å². The molecule has 1 heterocycles. The first kappa shape index (κ1) is 18.4. The number of nitrogens with two attached hydrogens (primary N) is 1. The molecular weight excluding hydrogens is 330 g/mol. The molecule has 1 saturated carbocycles. The summed E-state index contributed by atoms with van der Waals surface area (Å²) < 4.78 is 1.25. The van der Waals surface area contributed by atoms with Gasteiger partial charge in [0.2, 0.25) is 5.91 Å². The molecule has 8 heteroatoms. The zero-order valence-corrected chi connectivity index (χ0v) is 14.2. The van der Waals surface area contributed by atoms with Crippen molar-refractivity contribution in [1.29, 1.82) is 0 Å². The quantitative estimate of drug-likeness (QED) is 0.831. The number of nitrogens with one attached hydrogen (secondary N) is 1. The lowest BCUT2D eigenvalue weighted by atomic mass is 10.0. The van der Waals surface area contributed by atoms with Crippen LogP contribution in [0.5, 0.6) is 0 Å². The van der Waals surface area contributed by atoms with E-state index < -0.39 is 0 Å². The minimum Gasteiger partial charge on any atom is -0.353 e. The number of halogens is 1. The molecule has 1 aromatic heterocycles. The average molecular weight is 352 g/mol. The fraction of sp³-hybridized carbons (Fsp3) is 0.500. The van der Waals surface area contributed by atoms with Crippen LogP contribution in [0.15, 0.2) is 29.1 Å². The van der Waals surface area contributed by atoms with Crippen molar-refractivity contribution in [2.75, 3.05) is 6.54 Å². The third-order valence-electron chi connectivity index (χ3n) is 4.49. The molecule has 0 saturated heterocycles. The molecular formula is C16H22ClN5O2. The molecule has 0 aliphatic heterocycles. The number of fused-ring (bicyclic) bond motifs is 1. The second kappa shape index (κ2) is 8.21. The molecule has 1 amide bonds. The highest BCUT2D eigenvalue weighted by atomic mass is 35.5. The molecule has 0 radical (unpaired) electrons. The number of carbonyl (C=O) groups is 1. The predicted octanol–water partition coefficient (Wildman–Crippen LogP) is 0.847. The van der Waals surface area contributed by atoms with Crippen molar-refractivity contribution in [2.45, 2.75) is 38.3 Å². The highest BCUT2D eigenvalue weighted by Crippen LogP contribution is 2.24. The van der Waals surface area contributed by atoms with E-state index in [9.17, 15) is 9.59 Å². The van der Waals surface area contributed by atoms with E-state index in [1.165, 1.54) is 4.68 Å². The van der Waals surface area contributed by atoms with Crippen molar-refractivity contribution in [2.24, 2.45) is 11.7 Å². The molecule has 2 aromatic rings. The Balaban J connectivity index is 0.00000208. The maximum absolute atomic E-state index is 12.3. The van der Waals surface area contributed by atoms with Gasteiger partial charge in [0.15, 0.2) is 0 Å². The highest BCUT2D eigenvalue weighted by molar-refractivity contribution is 5.85. The topological polar surface area (TPSA) is 103 Å². The van der Waals surface area contributed by atoms with Crippen LogP contribution in [0.3, 0.4) is 0 Å². The summed E-state index contributed by atoms with van der Waals surface area (Å²) in [4.78, 5) is 24.4. The highest BCUT2D eigenvalue weighted by Gasteiger charge is 2.27. The van der Waals surface area contributed by atoms with Crippen molar-refractivity contribution in [3.8, 4) is 0 Å². The summed E-state index contributed by atoms with van der Waals surface area (Å²) in [6.07, 6.45) is 3.35. The number of rotatable bonds is 5. The van der Waals surface area contributed by atoms with Gasteiger partial charge < -0.3 is 11.1 Å². The third kappa shape index (κ3) is 3.91. The summed E-state index contributed by atoms with van der Waals surface area (Å²) in [6, 6.07) is 7.22. The lowest BCUT2D eigenvalue weighted by Gasteiger charge is -2.19. The lowest BCUT2D eigenvalue weighted by Crippen LogP contribution is -2.40. The van der Waals surface area contributed by atoms with Crippen molar-refractivity contribution in [3.63, 3.8) is 0 Å². The van der Waals surface area contributed by atoms with Crippen LogP contribution >= 0.6 is 12.4 Å². The summed E-state index contributed by atoms with van der Waals surface area (Å²) in [5.41, 5.74) is 6.07. The van der Waals surface area contributed by atoms with Crippen LogP contribution in [0.25, 0.3) is 10.9 Å². The molecule has 1 fully saturated rings. The van der Waals surface area contributed by atoms with Gasteiger partial charge in [-0.25, -0.2) is 4.68 Å². The molecule has 2 atom stereocenters. The van der Waals surface area contributed by atoms with Crippen LogP contribution in [-0.4, -0.2) is 33.5 Å². The van der Waals surface area contributed by atoms with Gasteiger partial charge in [0.05, 0.1) is 11.9 Å². The first-order valence-electron chi connectivity index (χ1n) is 8.01. The van der Waals surface area contributed by atoms with Crippen molar-refractivity contribution >= 4 is 29.2 Å². The SMILES string of the molecule is Cl.NCC1CCCC1NC(=O)CCn1nnc2ccccc2c1=O. The second-order valence-electron chi connectivity index (χ2n) is 5.99. The standard InChI is InChI=1S/C16H21N5O2.ClH/c17-10-11-4-3-7-13(11)18-15(22)8-9-21-16(23)12-5-1-2-6-14(12)19-20-21;/h1-2,5-6,11,13H,3-4,7-10,17H2,(H,18,22);1H. The summed E-state index contributed by atoms with van der Waals surface area (Å²) in [6.45, 7) is 0.822. The molecule has 0 spiro atoms. The van der Waals surface area contributed by atoms with E-state index in [0.717, 1.165) is 19.3 Å². The largest absolute Gasteiger partial charge is 0.353 e. The maximum Gasteiger partial charge on any atom is 0.277 e. The molecule has 1 aliphatic carbocycles. The second-order valence-corrected chi connectivity index (χ2v) is 5.99. The minimum absolute atomic E-state index is 0. The van der Waals surface area contributed by atoms with Crippen LogP contribution in [0.1, 0.15) is 25.7 Å². The number of nitrogens with zero attached hydrogens (tertiary/aromatic N) is 3. The van der Waals surface area contributed by atoms with E-state index in [-0.39, 0.29) is 42.9 Å². The molecule has 130 valence electrons. The number of aryl methyl sites for hydroxylation is 1. The van der Waals surface area contributed by atoms with Crippen LogP contribution < -0.4 is 16.6 Å². The number of carbonyl (C=O) groups excluding carboxylic acids is 1. The van der Waals surface area contributed by atoms with E-state index >= 15 is 0 Å². The Morgan fingerprint density at radius 2 is 2.12 bits per heavy atom. The first-order chi connectivity index (χ1) is 11.2. The Morgan fingerprint density at radius 1 is 1.33 bits per heavy atom. The number of hydrogen-bond donors (Lipinski definition) is 2. The summed E-state index contributed by atoms with van der Waals surface area (Å²) in [7, 11) is 0. The van der Waals surface area contributed by atoms with Gasteiger partial charge in [-0.15, -0.1) is 17.5 Å². The van der Waals surface area contributed by atoms with Gasteiger partial charge in [-0.05, 0) is 37.4 Å². The molecule has 24 heavy (non-hydrogen) atoms. The number of benzene rings is 1. The maximum atomic E-state index is 12.3. The van der Waals surface area contributed by atoms with Crippen molar-refractivity contribution in [3.05, 3.63) is 34.6 Å². The molecule has 2 unspecified atom stereocenters. The first-order valence-corrected chi connectivity index (χ1v) is 8.01. The van der Waals surface area contributed by atoms with Crippen LogP contribution in [0.4, 0.5) is 0 Å². The van der Waals surface area contributed by atoms with Crippen molar-refractivity contribution < 1.29 is 4.79 Å². The third-order valence-corrected chi connectivity index (χ3v) is 4.49. The zero-order valence-electron chi connectivity index (χ0n) is 13.4. The summed E-state index contributed by atoms with van der Waals surface area (Å²) in [5.74, 6) is 0.291. The van der Waals surface area contributed by atoms with E-state index in [1.54, 1.807) is 18.2 Å². The normalized spacial score (nSPS) is 19.9. The fourth-order valence-electron chi connectivity index (χ4n) is 3.17. The Hall–Kier alpha value is -1.99. The molecule has 1 aromatic carbocycles. The Bertz CT molecular complexity index is 763.